The minimum absolute atomic E-state index is 0.311. The van der Waals surface area contributed by atoms with Crippen molar-refractivity contribution in [1.29, 1.82) is 0 Å². The summed E-state index contributed by atoms with van der Waals surface area (Å²) in [6.45, 7) is 0. The molecule has 1 heterocycles. The third-order valence-electron chi connectivity index (χ3n) is 2.58. The molecule has 18 heavy (non-hydrogen) atoms. The number of rotatable bonds is 2. The second-order valence-electron chi connectivity index (χ2n) is 4.13. The fraction of sp³-hybridized carbons (Fsp3) is 0.333. The van der Waals surface area contributed by atoms with Crippen LogP contribution in [0.1, 0.15) is 11.7 Å². The number of methoxy groups -OCH3 is 1. The monoisotopic (exact) mass is 247 g/mol. The number of ether oxygens (including phenoxy) is 1. The summed E-state index contributed by atoms with van der Waals surface area (Å²) in [7, 11) is 5.43. The molecule has 0 amide bonds. The lowest BCUT2D eigenvalue weighted by molar-refractivity contribution is 0.414. The van der Waals surface area contributed by atoms with Gasteiger partial charge in [-0.2, -0.15) is 0 Å². The Kier molecular flexibility index (Phi) is 3.36. The lowest BCUT2D eigenvalue weighted by Gasteiger charge is -2.23. The summed E-state index contributed by atoms with van der Waals surface area (Å²) in [6, 6.07) is 7.63. The van der Waals surface area contributed by atoms with Gasteiger partial charge in [-0.25, -0.2) is 9.98 Å². The van der Waals surface area contributed by atoms with Gasteiger partial charge in [0.1, 0.15) is 5.75 Å². The van der Waals surface area contributed by atoms with E-state index in [4.69, 9.17) is 10.5 Å². The number of nitrogens with two attached hydrogens (primary N) is 1. The van der Waals surface area contributed by atoms with Gasteiger partial charge in [0, 0.05) is 14.1 Å². The molecule has 1 unspecified atom stereocenters. The van der Waals surface area contributed by atoms with E-state index < -0.39 is 0 Å². The Morgan fingerprint density at radius 3 is 2.44 bits per heavy atom. The van der Waals surface area contributed by atoms with Gasteiger partial charge < -0.3 is 15.4 Å². The number of hydrogen-bond donors (Lipinski definition) is 2. The van der Waals surface area contributed by atoms with E-state index in [0.29, 0.717) is 11.9 Å². The summed E-state index contributed by atoms with van der Waals surface area (Å²) in [4.78, 5) is 10.6. The van der Waals surface area contributed by atoms with Crippen LogP contribution in [0.3, 0.4) is 0 Å². The van der Waals surface area contributed by atoms with Crippen molar-refractivity contribution in [3.63, 3.8) is 0 Å². The molecule has 1 aliphatic heterocycles. The van der Waals surface area contributed by atoms with Crippen LogP contribution in [0.25, 0.3) is 0 Å². The van der Waals surface area contributed by atoms with E-state index in [-0.39, 0.29) is 6.17 Å². The zero-order chi connectivity index (χ0) is 13.1. The molecule has 0 bridgehead atoms. The van der Waals surface area contributed by atoms with Crippen LogP contribution >= 0.6 is 0 Å². The van der Waals surface area contributed by atoms with Crippen molar-refractivity contribution in [2.45, 2.75) is 6.17 Å². The highest BCUT2D eigenvalue weighted by molar-refractivity contribution is 5.99. The zero-order valence-electron chi connectivity index (χ0n) is 10.7. The standard InChI is InChI=1S/C12H17N5O/c1-17(2)12-15-10(14-11(13)16-12)8-4-6-9(18-3)7-5-8/h4-7,10H,1-3H3,(H3,13,14,15,16). The molecule has 1 aromatic carbocycles. The first-order valence-electron chi connectivity index (χ1n) is 5.59. The van der Waals surface area contributed by atoms with E-state index in [9.17, 15) is 0 Å². The van der Waals surface area contributed by atoms with Gasteiger partial charge in [0.25, 0.3) is 0 Å². The lowest BCUT2D eigenvalue weighted by atomic mass is 10.1. The minimum atomic E-state index is -0.311. The Hall–Kier alpha value is -2.24. The van der Waals surface area contributed by atoms with Crippen LogP contribution in [-0.4, -0.2) is 38.0 Å². The summed E-state index contributed by atoms with van der Waals surface area (Å²) < 4.78 is 5.12. The van der Waals surface area contributed by atoms with Crippen molar-refractivity contribution in [2.24, 2.45) is 15.7 Å². The lowest BCUT2D eigenvalue weighted by Crippen LogP contribution is -2.46. The van der Waals surface area contributed by atoms with Gasteiger partial charge in [-0.1, -0.05) is 12.1 Å². The molecular weight excluding hydrogens is 230 g/mol. The van der Waals surface area contributed by atoms with Crippen LogP contribution in [-0.2, 0) is 0 Å². The van der Waals surface area contributed by atoms with Gasteiger partial charge >= 0.3 is 0 Å². The summed E-state index contributed by atoms with van der Waals surface area (Å²) in [6.07, 6.45) is -0.311. The Balaban J connectivity index is 2.27. The van der Waals surface area contributed by atoms with Crippen molar-refractivity contribution in [3.8, 4) is 5.75 Å². The molecule has 0 saturated carbocycles. The molecule has 1 aromatic rings. The van der Waals surface area contributed by atoms with Crippen molar-refractivity contribution >= 4 is 11.9 Å². The molecule has 0 radical (unpaired) electrons. The quantitative estimate of drug-likeness (QED) is 0.799. The second kappa shape index (κ2) is 4.95. The molecule has 6 nitrogen and oxygen atoms in total. The average Bonchev–Trinajstić information content (AvgIpc) is 2.38. The van der Waals surface area contributed by atoms with Crippen molar-refractivity contribution in [2.75, 3.05) is 21.2 Å². The summed E-state index contributed by atoms with van der Waals surface area (Å²) in [5.41, 5.74) is 6.73. The van der Waals surface area contributed by atoms with Gasteiger partial charge in [0.2, 0.25) is 5.96 Å². The summed E-state index contributed by atoms with van der Waals surface area (Å²) in [5, 5.41) is 2.92. The van der Waals surface area contributed by atoms with E-state index in [2.05, 4.69) is 15.3 Å². The van der Waals surface area contributed by atoms with Gasteiger partial charge in [-0.05, 0) is 17.7 Å². The first-order valence-corrected chi connectivity index (χ1v) is 5.59. The van der Waals surface area contributed by atoms with Gasteiger partial charge in [-0.15, -0.1) is 0 Å². The third kappa shape index (κ3) is 2.53. The molecule has 96 valence electrons. The van der Waals surface area contributed by atoms with E-state index in [0.717, 1.165) is 11.3 Å². The number of guanidine groups is 2. The molecule has 0 spiro atoms. The average molecular weight is 247 g/mol. The third-order valence-corrected chi connectivity index (χ3v) is 2.58. The topological polar surface area (TPSA) is 75.2 Å². The van der Waals surface area contributed by atoms with E-state index >= 15 is 0 Å². The number of aliphatic imine (C=N–C) groups is 2. The van der Waals surface area contributed by atoms with E-state index in [1.165, 1.54) is 0 Å². The summed E-state index contributed by atoms with van der Waals surface area (Å²) >= 11 is 0. The zero-order valence-corrected chi connectivity index (χ0v) is 10.7. The second-order valence-corrected chi connectivity index (χ2v) is 4.13. The predicted molar refractivity (Wildman–Crippen MR) is 71.6 cm³/mol. The van der Waals surface area contributed by atoms with Crippen LogP contribution in [0, 0.1) is 0 Å². The van der Waals surface area contributed by atoms with Crippen molar-refractivity contribution < 1.29 is 4.74 Å². The molecular formula is C12H17N5O. The maximum absolute atomic E-state index is 5.75. The van der Waals surface area contributed by atoms with Crippen LogP contribution in [0.2, 0.25) is 0 Å². The number of benzene rings is 1. The molecule has 2 rings (SSSR count). The number of hydrogen-bond acceptors (Lipinski definition) is 6. The Bertz CT molecular complexity index is 478. The first-order chi connectivity index (χ1) is 8.60. The maximum atomic E-state index is 5.75. The Morgan fingerprint density at radius 1 is 1.22 bits per heavy atom. The van der Waals surface area contributed by atoms with Gasteiger partial charge in [0.05, 0.1) is 7.11 Å². The van der Waals surface area contributed by atoms with E-state index in [1.54, 1.807) is 7.11 Å². The highest BCUT2D eigenvalue weighted by Gasteiger charge is 2.17. The number of nitrogens with zero attached hydrogens (tertiary/aromatic N) is 3. The molecule has 0 saturated heterocycles. The molecule has 3 N–H and O–H groups in total. The number of nitrogens with one attached hydrogen (secondary N) is 1. The van der Waals surface area contributed by atoms with Gasteiger partial charge in [-0.3, -0.25) is 5.32 Å². The van der Waals surface area contributed by atoms with Crippen LogP contribution in [0.15, 0.2) is 34.3 Å². The maximum Gasteiger partial charge on any atom is 0.202 e. The largest absolute Gasteiger partial charge is 0.497 e. The molecule has 0 aliphatic carbocycles. The normalized spacial score (nSPS) is 18.5. The SMILES string of the molecule is COc1ccc(C2N=C(N)NC(N(C)C)=N2)cc1. The Morgan fingerprint density at radius 2 is 1.89 bits per heavy atom. The molecule has 1 atom stereocenters. The highest BCUT2D eigenvalue weighted by Crippen LogP contribution is 2.23. The molecule has 6 heteroatoms. The first kappa shape index (κ1) is 12.2. The smallest absolute Gasteiger partial charge is 0.202 e. The minimum Gasteiger partial charge on any atom is -0.497 e. The summed E-state index contributed by atoms with van der Waals surface area (Å²) in [5.74, 6) is 1.87. The fourth-order valence-corrected chi connectivity index (χ4v) is 1.61. The van der Waals surface area contributed by atoms with Crippen molar-refractivity contribution in [3.05, 3.63) is 29.8 Å². The molecule has 0 fully saturated rings. The van der Waals surface area contributed by atoms with Crippen molar-refractivity contribution in [1.82, 2.24) is 10.2 Å². The predicted octanol–water partition coefficient (Wildman–Crippen LogP) is 0.529. The fourth-order valence-electron chi connectivity index (χ4n) is 1.61. The molecule has 0 aromatic heterocycles. The Labute approximate surface area is 106 Å². The molecule has 1 aliphatic rings. The highest BCUT2D eigenvalue weighted by atomic mass is 16.5. The van der Waals surface area contributed by atoms with E-state index in [1.807, 2.05) is 43.3 Å². The van der Waals surface area contributed by atoms with Crippen LogP contribution in [0.5, 0.6) is 5.75 Å². The van der Waals surface area contributed by atoms with Crippen LogP contribution < -0.4 is 15.8 Å². The van der Waals surface area contributed by atoms with Gasteiger partial charge in [0.15, 0.2) is 12.1 Å². The van der Waals surface area contributed by atoms with Crippen LogP contribution in [0.4, 0.5) is 0 Å².